The molecule has 1 aliphatic rings. The summed E-state index contributed by atoms with van der Waals surface area (Å²) >= 11 is 0. The molecule has 0 radical (unpaired) electrons. The van der Waals surface area contributed by atoms with Crippen LogP contribution in [0.2, 0.25) is 0 Å². The number of ether oxygens (including phenoxy) is 1. The quantitative estimate of drug-likeness (QED) is 0.0929. The molecule has 3 rings (SSSR count). The minimum Gasteiger partial charge on any atom is -0.398 e. The van der Waals surface area contributed by atoms with Gasteiger partial charge in [0.25, 0.3) is 0 Å². The second-order valence-electron chi connectivity index (χ2n) is 10.1. The predicted octanol–water partition coefficient (Wildman–Crippen LogP) is 4.81. The van der Waals surface area contributed by atoms with Crippen molar-refractivity contribution in [3.05, 3.63) is 24.0 Å². The molecule has 1 saturated heterocycles. The van der Waals surface area contributed by atoms with Crippen LogP contribution in [0.4, 0.5) is 10.1 Å². The van der Waals surface area contributed by atoms with Crippen molar-refractivity contribution < 1.29 is 55.0 Å². The minimum atomic E-state index is -5.06. The Morgan fingerprint density at radius 3 is 2.45 bits per heavy atom. The summed E-state index contributed by atoms with van der Waals surface area (Å²) in [5, 5.41) is 13.6. The molecule has 0 aliphatic carbocycles. The molecule has 0 bridgehead atoms. The molecular formula is C28H38FN4O11P3. The maximum absolute atomic E-state index is 15.6. The van der Waals surface area contributed by atoms with E-state index in [9.17, 15) is 23.7 Å². The van der Waals surface area contributed by atoms with Gasteiger partial charge in [-0.2, -0.15) is 8.62 Å². The lowest BCUT2D eigenvalue weighted by Crippen LogP contribution is -2.36. The van der Waals surface area contributed by atoms with Gasteiger partial charge in [0, 0.05) is 58.1 Å². The van der Waals surface area contributed by atoms with E-state index in [-0.39, 0.29) is 18.7 Å². The molecule has 7 atom stereocenters. The van der Waals surface area contributed by atoms with Gasteiger partial charge in [-0.15, -0.1) is 24.7 Å². The number of nitrogens with two attached hydrogens (primary N) is 1. The molecule has 2 aromatic rings. The SMILES string of the molecule is C#CCCCCC#Cc1cn(C2OC(CNP(=O)(OCCCCC#C)OP(=O)(OC)OP(=O)(O)OC)C(O)C2F)c2nccc(N)c12. The summed E-state index contributed by atoms with van der Waals surface area (Å²) in [6.45, 7) is -0.821. The number of nitrogen functional groups attached to an aromatic ring is 1. The van der Waals surface area contributed by atoms with Crippen LogP contribution in [-0.2, 0) is 40.6 Å². The summed E-state index contributed by atoms with van der Waals surface area (Å²) in [5.41, 5.74) is 7.28. The van der Waals surface area contributed by atoms with Gasteiger partial charge in [-0.3, -0.25) is 13.6 Å². The molecule has 3 heterocycles. The molecule has 19 heteroatoms. The first-order valence-corrected chi connectivity index (χ1v) is 18.9. The summed E-state index contributed by atoms with van der Waals surface area (Å²) in [5.74, 6) is 11.1. The Bertz CT molecular complexity index is 1660. The maximum atomic E-state index is 15.6. The Hall–Kier alpha value is -2.57. The highest BCUT2D eigenvalue weighted by molar-refractivity contribution is 7.68. The molecule has 258 valence electrons. The molecule has 7 unspecified atom stereocenters. The summed E-state index contributed by atoms with van der Waals surface area (Å²) in [6, 6.07) is 1.57. The van der Waals surface area contributed by atoms with Crippen molar-refractivity contribution in [2.45, 2.75) is 69.6 Å². The zero-order valence-electron chi connectivity index (χ0n) is 25.8. The fourth-order valence-electron chi connectivity index (χ4n) is 4.37. The van der Waals surface area contributed by atoms with Crippen LogP contribution in [0.25, 0.3) is 11.0 Å². The first-order chi connectivity index (χ1) is 22.3. The lowest BCUT2D eigenvalue weighted by atomic mass is 10.1. The molecule has 0 aromatic carbocycles. The van der Waals surface area contributed by atoms with Crippen molar-refractivity contribution in [1.29, 1.82) is 0 Å². The van der Waals surface area contributed by atoms with Gasteiger partial charge < -0.3 is 25.0 Å². The molecule has 5 N–H and O–H groups in total. The molecular weight excluding hydrogens is 680 g/mol. The first kappa shape index (κ1) is 38.9. The van der Waals surface area contributed by atoms with E-state index in [2.05, 4.69) is 47.1 Å². The molecule has 2 aromatic heterocycles. The summed E-state index contributed by atoms with van der Waals surface area (Å²) in [7, 11) is -13.2. The number of terminal acetylenes is 2. The van der Waals surface area contributed by atoms with Crippen LogP contribution in [0, 0.1) is 36.5 Å². The van der Waals surface area contributed by atoms with Gasteiger partial charge in [0.1, 0.15) is 17.9 Å². The highest BCUT2D eigenvalue weighted by atomic mass is 31.3. The predicted molar refractivity (Wildman–Crippen MR) is 171 cm³/mol. The van der Waals surface area contributed by atoms with Gasteiger partial charge in [-0.25, -0.2) is 28.2 Å². The maximum Gasteiger partial charge on any atom is 0.491 e. The molecule has 47 heavy (non-hydrogen) atoms. The number of aliphatic hydroxyl groups excluding tert-OH is 1. The Morgan fingerprint density at radius 2 is 1.79 bits per heavy atom. The number of anilines is 1. The zero-order valence-corrected chi connectivity index (χ0v) is 28.5. The van der Waals surface area contributed by atoms with Gasteiger partial charge in [0.15, 0.2) is 12.4 Å². The third kappa shape index (κ3) is 10.7. The van der Waals surface area contributed by atoms with E-state index in [1.54, 1.807) is 6.07 Å². The summed E-state index contributed by atoms with van der Waals surface area (Å²) in [4.78, 5) is 14.0. The van der Waals surface area contributed by atoms with Crippen molar-refractivity contribution in [2.75, 3.05) is 33.1 Å². The van der Waals surface area contributed by atoms with Gasteiger partial charge in [-0.1, -0.05) is 11.8 Å². The van der Waals surface area contributed by atoms with E-state index in [1.807, 2.05) is 0 Å². The standard InChI is InChI=1S/C28H38FN4O11P3/c1-5-7-9-11-12-13-15-21-20-33(27-24(21)22(30)16-17-31-27)28-25(29)26(34)23(42-28)19-32-45(35,41-18-14-10-8-6-2)43-47(38,40-4)44-46(36,37)39-3/h1-2,16-17,20,23,25-26,28,34H,7-12,14,18-19H2,3-4H3,(H2,30,31)(H,32,35)(H,36,37). The van der Waals surface area contributed by atoms with Gasteiger partial charge in [0.2, 0.25) is 0 Å². The molecule has 0 saturated carbocycles. The third-order valence-electron chi connectivity index (χ3n) is 6.74. The van der Waals surface area contributed by atoms with Crippen LogP contribution in [0.1, 0.15) is 56.7 Å². The summed E-state index contributed by atoms with van der Waals surface area (Å²) < 4.78 is 85.0. The first-order valence-electron chi connectivity index (χ1n) is 14.4. The second-order valence-corrected chi connectivity index (χ2v) is 15.5. The average molecular weight is 719 g/mol. The number of rotatable bonds is 18. The summed E-state index contributed by atoms with van der Waals surface area (Å²) in [6.07, 6.45) is 10.9. The molecule has 1 fully saturated rings. The smallest absolute Gasteiger partial charge is 0.398 e. The molecule has 1 aliphatic heterocycles. The van der Waals surface area contributed by atoms with E-state index >= 15 is 4.39 Å². The lowest BCUT2D eigenvalue weighted by molar-refractivity contribution is -0.0199. The van der Waals surface area contributed by atoms with E-state index in [4.69, 9.17) is 32.2 Å². The van der Waals surface area contributed by atoms with E-state index in [0.29, 0.717) is 42.3 Å². The van der Waals surface area contributed by atoms with Crippen molar-refractivity contribution >= 4 is 40.1 Å². The number of phosphoric ester groups is 1. The number of alkyl halides is 1. The fourth-order valence-corrected chi connectivity index (χ4v) is 8.91. The number of phosphoric acid groups is 2. The highest BCUT2D eigenvalue weighted by Gasteiger charge is 2.48. The lowest BCUT2D eigenvalue weighted by Gasteiger charge is -2.25. The Balaban J connectivity index is 1.83. The van der Waals surface area contributed by atoms with Crippen LogP contribution < -0.4 is 10.8 Å². The number of nitrogens with zero attached hydrogens (tertiary/aromatic N) is 2. The number of hydrogen-bond acceptors (Lipinski definition) is 12. The topological polar surface area (TPSA) is 203 Å². The second kappa shape index (κ2) is 17.7. The molecule has 15 nitrogen and oxygen atoms in total. The Labute approximate surface area is 272 Å². The largest absolute Gasteiger partial charge is 0.491 e. The number of hydrogen-bond donors (Lipinski definition) is 4. The molecule has 0 amide bonds. The Morgan fingerprint density at radius 1 is 1.11 bits per heavy atom. The monoisotopic (exact) mass is 718 g/mol. The van der Waals surface area contributed by atoms with Gasteiger partial charge in [0.05, 0.1) is 17.6 Å². The average Bonchev–Trinajstić information content (AvgIpc) is 3.54. The minimum absolute atomic E-state index is 0.241. The number of nitrogens with one attached hydrogen (secondary N) is 1. The van der Waals surface area contributed by atoms with Crippen LogP contribution in [0.5, 0.6) is 0 Å². The van der Waals surface area contributed by atoms with Gasteiger partial charge in [-0.05, 0) is 31.7 Å². The van der Waals surface area contributed by atoms with Crippen LogP contribution in [0.15, 0.2) is 18.5 Å². The normalized spacial score (nSPS) is 23.1. The fraction of sp³-hybridized carbons (Fsp3) is 0.536. The van der Waals surface area contributed by atoms with E-state index in [0.717, 1.165) is 27.1 Å². The van der Waals surface area contributed by atoms with Crippen LogP contribution in [-0.4, -0.2) is 65.3 Å². The van der Waals surface area contributed by atoms with Crippen molar-refractivity contribution in [3.63, 3.8) is 0 Å². The number of halogens is 1. The third-order valence-corrected chi connectivity index (χ3v) is 12.0. The van der Waals surface area contributed by atoms with Crippen molar-refractivity contribution in [3.8, 4) is 36.5 Å². The zero-order chi connectivity index (χ0) is 34.7. The Kier molecular flexibility index (Phi) is 14.7. The number of unbranched alkanes of at least 4 members (excludes halogenated alkanes) is 5. The van der Waals surface area contributed by atoms with Gasteiger partial charge >= 0.3 is 23.4 Å². The number of aromatic nitrogens is 2. The number of aliphatic hydroxyl groups is 1. The van der Waals surface area contributed by atoms with E-state index in [1.165, 1.54) is 17.0 Å². The van der Waals surface area contributed by atoms with Crippen molar-refractivity contribution in [2.24, 2.45) is 0 Å². The molecule has 0 spiro atoms. The number of fused-ring (bicyclic) bond motifs is 1. The van der Waals surface area contributed by atoms with Crippen LogP contribution in [0.3, 0.4) is 0 Å². The number of pyridine rings is 1. The van der Waals surface area contributed by atoms with Crippen LogP contribution >= 0.6 is 23.4 Å². The van der Waals surface area contributed by atoms with E-state index < -0.39 is 54.5 Å². The highest BCUT2D eigenvalue weighted by Crippen LogP contribution is 2.69. The van der Waals surface area contributed by atoms with Crippen molar-refractivity contribution in [1.82, 2.24) is 14.6 Å².